The van der Waals surface area contributed by atoms with Crippen molar-refractivity contribution in [3.05, 3.63) is 78.1 Å². The molecule has 1 fully saturated rings. The van der Waals surface area contributed by atoms with Crippen LogP contribution in [0.5, 0.6) is 0 Å². The van der Waals surface area contributed by atoms with Crippen LogP contribution in [0, 0.1) is 5.82 Å². The number of benzene rings is 2. The van der Waals surface area contributed by atoms with Gasteiger partial charge in [0.2, 0.25) is 15.9 Å². The molecule has 0 N–H and O–H groups in total. The van der Waals surface area contributed by atoms with Crippen molar-refractivity contribution in [1.29, 1.82) is 0 Å². The van der Waals surface area contributed by atoms with Crippen LogP contribution >= 0.6 is 0 Å². The van der Waals surface area contributed by atoms with Gasteiger partial charge in [0.25, 0.3) is 0 Å². The Morgan fingerprint density at radius 1 is 0.966 bits per heavy atom. The number of oxazole rings is 1. The molecule has 3 aromatic rings. The van der Waals surface area contributed by atoms with E-state index >= 15 is 0 Å². The Morgan fingerprint density at radius 2 is 1.66 bits per heavy atom. The molecule has 0 atom stereocenters. The summed E-state index contributed by atoms with van der Waals surface area (Å²) >= 11 is 0. The summed E-state index contributed by atoms with van der Waals surface area (Å²) in [6.45, 7) is 2.62. The smallest absolute Gasteiger partial charge is 0.218 e. The second-order valence-corrected chi connectivity index (χ2v) is 9.01. The lowest BCUT2D eigenvalue weighted by atomic mass is 10.2. The van der Waals surface area contributed by atoms with Crippen LogP contribution in [0.2, 0.25) is 0 Å². The summed E-state index contributed by atoms with van der Waals surface area (Å²) in [5.41, 5.74) is 1.56. The predicted octanol–water partition coefficient (Wildman–Crippen LogP) is 3.13. The fraction of sp³-hybridized carbons (Fsp3) is 0.286. The third-order valence-corrected chi connectivity index (χ3v) is 6.81. The molecule has 1 aromatic heterocycles. The van der Waals surface area contributed by atoms with Crippen molar-refractivity contribution in [2.45, 2.75) is 12.3 Å². The predicted molar refractivity (Wildman–Crippen MR) is 108 cm³/mol. The van der Waals surface area contributed by atoms with Crippen molar-refractivity contribution in [2.75, 3.05) is 26.2 Å². The second kappa shape index (κ2) is 8.44. The van der Waals surface area contributed by atoms with Crippen LogP contribution in [-0.4, -0.2) is 48.8 Å². The van der Waals surface area contributed by atoms with E-state index in [0.29, 0.717) is 44.4 Å². The lowest BCUT2D eigenvalue weighted by Crippen LogP contribution is -2.48. The summed E-state index contributed by atoms with van der Waals surface area (Å²) in [7, 11) is -3.33. The van der Waals surface area contributed by atoms with Gasteiger partial charge in [-0.1, -0.05) is 30.3 Å². The maximum absolute atomic E-state index is 13.1. The van der Waals surface area contributed by atoms with Crippen molar-refractivity contribution in [1.82, 2.24) is 14.2 Å². The maximum atomic E-state index is 13.1. The van der Waals surface area contributed by atoms with Crippen LogP contribution in [0.4, 0.5) is 4.39 Å². The Labute approximate surface area is 169 Å². The molecule has 0 bridgehead atoms. The number of hydrogen-bond donors (Lipinski definition) is 0. The molecule has 1 saturated heterocycles. The minimum absolute atomic E-state index is 0.0224. The molecule has 0 unspecified atom stereocenters. The Balaban J connectivity index is 1.33. The van der Waals surface area contributed by atoms with Gasteiger partial charge in [-0.15, -0.1) is 0 Å². The van der Waals surface area contributed by atoms with E-state index in [2.05, 4.69) is 9.88 Å². The zero-order valence-electron chi connectivity index (χ0n) is 15.9. The summed E-state index contributed by atoms with van der Waals surface area (Å²) in [6.07, 6.45) is 1.63. The van der Waals surface area contributed by atoms with Crippen LogP contribution in [0.25, 0.3) is 11.3 Å². The topological polar surface area (TPSA) is 66.7 Å². The van der Waals surface area contributed by atoms with E-state index in [1.165, 1.54) is 12.1 Å². The van der Waals surface area contributed by atoms with E-state index in [0.717, 1.165) is 11.1 Å². The van der Waals surface area contributed by atoms with Crippen molar-refractivity contribution in [2.24, 2.45) is 0 Å². The minimum atomic E-state index is -3.33. The molecule has 0 amide bonds. The quantitative estimate of drug-likeness (QED) is 0.619. The fourth-order valence-electron chi connectivity index (χ4n) is 3.36. The van der Waals surface area contributed by atoms with E-state index in [4.69, 9.17) is 4.42 Å². The Morgan fingerprint density at radius 3 is 2.34 bits per heavy atom. The van der Waals surface area contributed by atoms with Crippen LogP contribution in [-0.2, 0) is 22.3 Å². The van der Waals surface area contributed by atoms with Crippen molar-refractivity contribution >= 4 is 10.0 Å². The van der Waals surface area contributed by atoms with Gasteiger partial charge in [0.15, 0.2) is 5.76 Å². The van der Waals surface area contributed by atoms with E-state index < -0.39 is 10.0 Å². The molecule has 1 aliphatic heterocycles. The molecule has 8 heteroatoms. The zero-order chi connectivity index (χ0) is 20.3. The van der Waals surface area contributed by atoms with Gasteiger partial charge in [-0.25, -0.2) is 17.8 Å². The van der Waals surface area contributed by atoms with Crippen molar-refractivity contribution in [3.63, 3.8) is 0 Å². The average Bonchev–Trinajstić information content (AvgIpc) is 3.18. The molecule has 2 aromatic carbocycles. The van der Waals surface area contributed by atoms with Crippen LogP contribution in [0.1, 0.15) is 11.5 Å². The number of rotatable bonds is 6. The highest BCUT2D eigenvalue weighted by atomic mass is 32.2. The molecule has 0 saturated carbocycles. The molecular weight excluding hydrogens is 393 g/mol. The standard InChI is InChI=1S/C21H22FN3O3S/c22-19-8-6-18(7-9-19)20-14-23-21(28-20)15-24-10-12-25(13-11-24)29(26,27)16-17-4-2-1-3-5-17/h1-9,14H,10-13,15-16H2. The monoisotopic (exact) mass is 415 g/mol. The Kier molecular flexibility index (Phi) is 5.75. The number of piperazine rings is 1. The van der Waals surface area contributed by atoms with Gasteiger partial charge in [-0.2, -0.15) is 4.31 Å². The summed E-state index contributed by atoms with van der Waals surface area (Å²) < 4.78 is 45.7. The number of halogens is 1. The van der Waals surface area contributed by atoms with Gasteiger partial charge in [-0.05, 0) is 29.8 Å². The molecule has 0 spiro atoms. The van der Waals surface area contributed by atoms with Gasteiger partial charge in [0.05, 0.1) is 18.5 Å². The average molecular weight is 415 g/mol. The van der Waals surface area contributed by atoms with Crippen LogP contribution in [0.15, 0.2) is 65.2 Å². The van der Waals surface area contributed by atoms with E-state index in [-0.39, 0.29) is 11.6 Å². The van der Waals surface area contributed by atoms with E-state index in [1.807, 2.05) is 30.3 Å². The highest BCUT2D eigenvalue weighted by molar-refractivity contribution is 7.88. The normalized spacial score (nSPS) is 16.2. The molecule has 2 heterocycles. The molecule has 152 valence electrons. The lowest BCUT2D eigenvalue weighted by Gasteiger charge is -2.33. The maximum Gasteiger partial charge on any atom is 0.218 e. The van der Waals surface area contributed by atoms with E-state index in [1.54, 1.807) is 22.6 Å². The van der Waals surface area contributed by atoms with E-state index in [9.17, 15) is 12.8 Å². The largest absolute Gasteiger partial charge is 0.439 e. The van der Waals surface area contributed by atoms with Gasteiger partial charge in [0, 0.05) is 31.7 Å². The molecular formula is C21H22FN3O3S. The number of sulfonamides is 1. The van der Waals surface area contributed by atoms with Crippen LogP contribution in [0.3, 0.4) is 0 Å². The first-order valence-electron chi connectivity index (χ1n) is 9.44. The summed E-state index contributed by atoms with van der Waals surface area (Å²) in [5.74, 6) is 0.872. The lowest BCUT2D eigenvalue weighted by molar-refractivity contribution is 0.168. The minimum Gasteiger partial charge on any atom is -0.439 e. The molecule has 6 nitrogen and oxygen atoms in total. The molecule has 0 aliphatic carbocycles. The van der Waals surface area contributed by atoms with Gasteiger partial charge in [0.1, 0.15) is 5.82 Å². The molecule has 1 aliphatic rings. The first kappa shape index (κ1) is 19.8. The van der Waals surface area contributed by atoms with Crippen molar-refractivity contribution in [3.8, 4) is 11.3 Å². The number of aromatic nitrogens is 1. The SMILES string of the molecule is O=S(=O)(Cc1ccccc1)N1CCN(Cc2ncc(-c3ccc(F)cc3)o2)CC1. The zero-order valence-corrected chi connectivity index (χ0v) is 16.7. The highest BCUT2D eigenvalue weighted by Gasteiger charge is 2.27. The third kappa shape index (κ3) is 4.90. The summed E-state index contributed by atoms with van der Waals surface area (Å²) in [6, 6.07) is 15.3. The summed E-state index contributed by atoms with van der Waals surface area (Å²) in [4.78, 5) is 6.42. The number of hydrogen-bond acceptors (Lipinski definition) is 5. The molecule has 29 heavy (non-hydrogen) atoms. The van der Waals surface area contributed by atoms with Gasteiger partial charge >= 0.3 is 0 Å². The Hall–Kier alpha value is -2.55. The second-order valence-electron chi connectivity index (χ2n) is 7.04. The summed E-state index contributed by atoms with van der Waals surface area (Å²) in [5, 5.41) is 0. The fourth-order valence-corrected chi connectivity index (χ4v) is 4.88. The highest BCUT2D eigenvalue weighted by Crippen LogP contribution is 2.22. The first-order valence-corrected chi connectivity index (χ1v) is 11.1. The molecule has 0 radical (unpaired) electrons. The number of nitrogens with zero attached hydrogens (tertiary/aromatic N) is 3. The third-order valence-electron chi connectivity index (χ3n) is 4.96. The molecule has 4 rings (SSSR count). The van der Waals surface area contributed by atoms with Crippen LogP contribution < -0.4 is 0 Å². The Bertz CT molecular complexity index is 1040. The van der Waals surface area contributed by atoms with Crippen molar-refractivity contribution < 1.29 is 17.2 Å². The van der Waals surface area contributed by atoms with Gasteiger partial charge < -0.3 is 4.42 Å². The first-order chi connectivity index (χ1) is 14.0. The van der Waals surface area contributed by atoms with Gasteiger partial charge in [-0.3, -0.25) is 4.90 Å².